The summed E-state index contributed by atoms with van der Waals surface area (Å²) in [6, 6.07) is 14.5. The van der Waals surface area contributed by atoms with Gasteiger partial charge < -0.3 is 4.74 Å². The van der Waals surface area contributed by atoms with Gasteiger partial charge in [0.1, 0.15) is 12.4 Å². The molecule has 4 aliphatic carbocycles. The lowest BCUT2D eigenvalue weighted by atomic mass is 9.63. The number of hydrogen-bond donors (Lipinski definition) is 0. The van der Waals surface area contributed by atoms with E-state index in [0.717, 1.165) is 12.0 Å². The predicted octanol–water partition coefficient (Wildman–Crippen LogP) is 3.66. The third kappa shape index (κ3) is 3.04. The third-order valence-electron chi connectivity index (χ3n) is 7.94. The monoisotopic (exact) mass is 442 g/mol. The van der Waals surface area contributed by atoms with Gasteiger partial charge in [-0.25, -0.2) is 0 Å². The highest BCUT2D eigenvalue weighted by Crippen LogP contribution is 2.65. The number of anilines is 1. The zero-order chi connectivity index (χ0) is 22.9. The van der Waals surface area contributed by atoms with Crippen molar-refractivity contribution in [2.75, 3.05) is 18.7 Å². The van der Waals surface area contributed by atoms with Gasteiger partial charge in [-0.3, -0.25) is 24.2 Å². The summed E-state index contributed by atoms with van der Waals surface area (Å²) in [5.74, 6) is 0.889. The largest absolute Gasteiger partial charge is 0.497 e. The van der Waals surface area contributed by atoms with E-state index < -0.39 is 0 Å². The normalized spacial score (nSPS) is 30.8. The fraction of sp³-hybridized carbons (Fsp3) is 0.370. The molecule has 0 N–H and O–H groups in total. The molecule has 0 aromatic heterocycles. The lowest BCUT2D eigenvalue weighted by Crippen LogP contribution is -2.45. The second-order valence-electron chi connectivity index (χ2n) is 9.70. The number of rotatable bonds is 5. The van der Waals surface area contributed by atoms with Crippen LogP contribution in [0.2, 0.25) is 0 Å². The van der Waals surface area contributed by atoms with Crippen molar-refractivity contribution < 1.29 is 19.1 Å². The first kappa shape index (κ1) is 20.2. The number of likely N-dealkylation sites (tertiary alicyclic amines) is 1. The van der Waals surface area contributed by atoms with E-state index >= 15 is 0 Å². The highest BCUT2D eigenvalue weighted by molar-refractivity contribution is 6.10. The number of ether oxygens (including phenoxy) is 1. The lowest BCUT2D eigenvalue weighted by molar-refractivity contribution is -0.140. The summed E-state index contributed by atoms with van der Waals surface area (Å²) in [6.07, 6.45) is 5.45. The Morgan fingerprint density at radius 2 is 1.64 bits per heavy atom. The molecule has 168 valence electrons. The van der Waals surface area contributed by atoms with Crippen LogP contribution in [0.25, 0.3) is 0 Å². The predicted molar refractivity (Wildman–Crippen MR) is 122 cm³/mol. The Labute approximate surface area is 192 Å². The first-order valence-electron chi connectivity index (χ1n) is 11.5. The van der Waals surface area contributed by atoms with Crippen LogP contribution in [0.5, 0.6) is 5.75 Å². The van der Waals surface area contributed by atoms with Gasteiger partial charge in [-0.1, -0.05) is 35.9 Å². The molecule has 2 bridgehead atoms. The van der Waals surface area contributed by atoms with Crippen LogP contribution in [0.3, 0.4) is 0 Å². The number of carbonyl (C=O) groups excluding carboxylic acids is 3. The summed E-state index contributed by atoms with van der Waals surface area (Å²) < 4.78 is 5.29. The minimum absolute atomic E-state index is 0.0848. The Kier molecular flexibility index (Phi) is 4.47. The molecule has 5 aliphatic rings. The standard InChI is InChI=1S/C27H26N2O4/c1-15-6-8-17(9-7-15)28(25(30)16-4-3-5-18(12-16)33-2)14-29-26(31)23-19-10-11-20(22-13-21(19)22)24(23)27(29)32/h3-12,19-24H,13-14H2,1-2H3/t19-,20-,21-,22-,23+,24+/m1/s1. The lowest BCUT2D eigenvalue weighted by Gasteiger charge is -2.37. The number of allylic oxidation sites excluding steroid dienone is 2. The van der Waals surface area contributed by atoms with Crippen LogP contribution < -0.4 is 9.64 Å². The first-order valence-corrected chi connectivity index (χ1v) is 11.5. The van der Waals surface area contributed by atoms with Gasteiger partial charge in [0.05, 0.1) is 18.9 Å². The van der Waals surface area contributed by atoms with E-state index in [2.05, 4.69) is 12.2 Å². The van der Waals surface area contributed by atoms with Gasteiger partial charge in [0, 0.05) is 11.3 Å². The Balaban J connectivity index is 1.34. The Hall–Kier alpha value is -3.41. The van der Waals surface area contributed by atoms with E-state index in [-0.39, 0.29) is 48.1 Å². The van der Waals surface area contributed by atoms with Gasteiger partial charge in [0.2, 0.25) is 11.8 Å². The van der Waals surface area contributed by atoms with Crippen molar-refractivity contribution in [3.05, 3.63) is 71.8 Å². The Bertz CT molecular complexity index is 1150. The van der Waals surface area contributed by atoms with Crippen LogP contribution in [-0.2, 0) is 9.59 Å². The summed E-state index contributed by atoms with van der Waals surface area (Å²) in [4.78, 5) is 43.5. The average Bonchev–Trinajstić information content (AvgIpc) is 3.63. The van der Waals surface area contributed by atoms with Crippen molar-refractivity contribution in [1.82, 2.24) is 4.90 Å². The molecule has 2 aromatic rings. The second kappa shape index (κ2) is 7.30. The van der Waals surface area contributed by atoms with E-state index in [1.807, 2.05) is 31.2 Å². The van der Waals surface area contributed by atoms with E-state index in [0.29, 0.717) is 28.8 Å². The van der Waals surface area contributed by atoms with Crippen molar-refractivity contribution in [3.8, 4) is 5.75 Å². The number of imide groups is 1. The van der Waals surface area contributed by atoms with Crippen LogP contribution in [0.1, 0.15) is 22.3 Å². The minimum atomic E-state index is -0.280. The molecule has 6 heteroatoms. The van der Waals surface area contributed by atoms with Crippen LogP contribution in [-0.4, -0.2) is 36.4 Å². The maximum Gasteiger partial charge on any atom is 0.259 e. The molecule has 6 atom stereocenters. The third-order valence-corrected chi connectivity index (χ3v) is 7.94. The molecule has 3 fully saturated rings. The molecule has 7 rings (SSSR count). The van der Waals surface area contributed by atoms with Crippen LogP contribution >= 0.6 is 0 Å². The van der Waals surface area contributed by atoms with E-state index in [4.69, 9.17) is 4.74 Å². The fourth-order valence-corrected chi connectivity index (χ4v) is 6.20. The van der Waals surface area contributed by atoms with Crippen molar-refractivity contribution in [2.24, 2.45) is 35.5 Å². The number of aryl methyl sites for hydroxylation is 1. The van der Waals surface area contributed by atoms with Crippen LogP contribution in [0, 0.1) is 42.4 Å². The topological polar surface area (TPSA) is 66.9 Å². The van der Waals surface area contributed by atoms with Gasteiger partial charge >= 0.3 is 0 Å². The van der Waals surface area contributed by atoms with Gasteiger partial charge in [-0.2, -0.15) is 0 Å². The van der Waals surface area contributed by atoms with Crippen molar-refractivity contribution in [3.63, 3.8) is 0 Å². The van der Waals surface area contributed by atoms with Gasteiger partial charge in [-0.15, -0.1) is 0 Å². The van der Waals surface area contributed by atoms with E-state index in [1.165, 1.54) is 9.80 Å². The Morgan fingerprint density at radius 1 is 1.00 bits per heavy atom. The Morgan fingerprint density at radius 3 is 2.24 bits per heavy atom. The van der Waals surface area contributed by atoms with Crippen molar-refractivity contribution >= 4 is 23.4 Å². The number of carbonyl (C=O) groups is 3. The SMILES string of the molecule is COc1cccc(C(=O)N(CN2C(=O)[C@H]3[C@@H]4C=C[C@H]([C@H]5C[C@H]45)[C@@H]3C2=O)c2ccc(C)cc2)c1. The summed E-state index contributed by atoms with van der Waals surface area (Å²) >= 11 is 0. The minimum Gasteiger partial charge on any atom is -0.497 e. The van der Waals surface area contributed by atoms with Crippen LogP contribution in [0.4, 0.5) is 5.69 Å². The number of benzene rings is 2. The summed E-state index contributed by atoms with van der Waals surface area (Å²) in [5.41, 5.74) is 2.15. The maximum atomic E-state index is 13.6. The zero-order valence-electron chi connectivity index (χ0n) is 18.7. The molecule has 2 aromatic carbocycles. The fourth-order valence-electron chi connectivity index (χ4n) is 6.20. The number of amides is 3. The number of methoxy groups -OCH3 is 1. The molecule has 0 spiro atoms. The maximum absolute atomic E-state index is 13.6. The molecule has 1 heterocycles. The highest BCUT2D eigenvalue weighted by atomic mass is 16.5. The molecule has 0 unspecified atom stereocenters. The van der Waals surface area contributed by atoms with Crippen molar-refractivity contribution in [1.29, 1.82) is 0 Å². The van der Waals surface area contributed by atoms with Gasteiger partial charge in [0.15, 0.2) is 0 Å². The van der Waals surface area contributed by atoms with E-state index in [9.17, 15) is 14.4 Å². The molecule has 2 saturated carbocycles. The van der Waals surface area contributed by atoms with E-state index in [1.54, 1.807) is 31.4 Å². The molecule has 1 saturated heterocycles. The zero-order valence-corrected chi connectivity index (χ0v) is 18.7. The smallest absolute Gasteiger partial charge is 0.259 e. The molecule has 6 nitrogen and oxygen atoms in total. The van der Waals surface area contributed by atoms with Crippen molar-refractivity contribution in [2.45, 2.75) is 13.3 Å². The van der Waals surface area contributed by atoms with Crippen LogP contribution in [0.15, 0.2) is 60.7 Å². The van der Waals surface area contributed by atoms with Gasteiger partial charge in [-0.05, 0) is 67.3 Å². The molecular formula is C27H26N2O4. The summed E-state index contributed by atoms with van der Waals surface area (Å²) in [6.45, 7) is 1.89. The molecule has 1 aliphatic heterocycles. The second-order valence-corrected chi connectivity index (χ2v) is 9.70. The van der Waals surface area contributed by atoms with Gasteiger partial charge in [0.25, 0.3) is 5.91 Å². The molecule has 33 heavy (non-hydrogen) atoms. The molecule has 0 radical (unpaired) electrons. The molecular weight excluding hydrogens is 416 g/mol. The number of nitrogens with zero attached hydrogens (tertiary/aromatic N) is 2. The summed E-state index contributed by atoms with van der Waals surface area (Å²) in [5, 5.41) is 0. The first-order chi connectivity index (χ1) is 16.0. The molecule has 3 amide bonds. The number of hydrogen-bond acceptors (Lipinski definition) is 4. The highest BCUT2D eigenvalue weighted by Gasteiger charge is 2.67. The quantitative estimate of drug-likeness (QED) is 0.524. The average molecular weight is 443 g/mol. The summed E-state index contributed by atoms with van der Waals surface area (Å²) in [7, 11) is 1.55.